The molecule has 0 saturated heterocycles. The Morgan fingerprint density at radius 3 is 2.40 bits per heavy atom. The fraction of sp³-hybridized carbons (Fsp3) is 0.385. The molecule has 0 aliphatic heterocycles. The number of hydrogen-bond acceptors (Lipinski definition) is 2. The summed E-state index contributed by atoms with van der Waals surface area (Å²) in [6.45, 7) is 1.55. The highest BCUT2D eigenvalue weighted by Gasteiger charge is 2.33. The van der Waals surface area contributed by atoms with Crippen LogP contribution in [0.25, 0.3) is 0 Å². The summed E-state index contributed by atoms with van der Waals surface area (Å²) in [6.07, 6.45) is -4.93. The molecule has 0 aliphatic carbocycles. The van der Waals surface area contributed by atoms with E-state index in [-0.39, 0.29) is 18.5 Å². The molecule has 7 heteroatoms. The van der Waals surface area contributed by atoms with Crippen molar-refractivity contribution in [3.8, 4) is 0 Å². The number of aliphatic carboxylic acids is 1. The van der Waals surface area contributed by atoms with E-state index in [9.17, 15) is 22.8 Å². The van der Waals surface area contributed by atoms with Gasteiger partial charge in [0.1, 0.15) is 0 Å². The number of benzene rings is 1. The van der Waals surface area contributed by atoms with Gasteiger partial charge in [-0.05, 0) is 18.1 Å². The van der Waals surface area contributed by atoms with Crippen molar-refractivity contribution in [2.75, 3.05) is 5.32 Å². The van der Waals surface area contributed by atoms with Crippen LogP contribution in [0, 0.1) is 5.92 Å². The second-order valence-corrected chi connectivity index (χ2v) is 4.50. The zero-order valence-corrected chi connectivity index (χ0v) is 10.7. The number of carboxylic acid groups (broad SMARTS) is 1. The number of anilines is 1. The molecule has 0 aliphatic rings. The first-order valence-corrected chi connectivity index (χ1v) is 5.88. The number of para-hydroxylation sites is 1. The van der Waals surface area contributed by atoms with Gasteiger partial charge in [0.2, 0.25) is 5.91 Å². The second kappa shape index (κ2) is 6.40. The lowest BCUT2D eigenvalue weighted by Crippen LogP contribution is -2.19. The van der Waals surface area contributed by atoms with Crippen LogP contribution in [0.15, 0.2) is 24.3 Å². The number of carbonyl (C=O) groups is 2. The van der Waals surface area contributed by atoms with E-state index < -0.39 is 29.5 Å². The molecule has 1 amide bonds. The molecule has 1 aromatic rings. The highest BCUT2D eigenvalue weighted by Crippen LogP contribution is 2.34. The number of amides is 1. The summed E-state index contributed by atoms with van der Waals surface area (Å²) in [6, 6.07) is 4.63. The third-order valence-electron chi connectivity index (χ3n) is 2.56. The van der Waals surface area contributed by atoms with Gasteiger partial charge in [0, 0.05) is 12.8 Å². The first kappa shape index (κ1) is 16.0. The minimum atomic E-state index is -4.56. The van der Waals surface area contributed by atoms with E-state index in [2.05, 4.69) is 5.32 Å². The van der Waals surface area contributed by atoms with Crippen LogP contribution in [0.4, 0.5) is 18.9 Å². The molecule has 20 heavy (non-hydrogen) atoms. The maximum atomic E-state index is 12.7. The van der Waals surface area contributed by atoms with Gasteiger partial charge in [-0.1, -0.05) is 19.1 Å². The van der Waals surface area contributed by atoms with Gasteiger partial charge in [0.15, 0.2) is 0 Å². The third-order valence-corrected chi connectivity index (χ3v) is 2.56. The molecule has 0 radical (unpaired) electrons. The van der Waals surface area contributed by atoms with Gasteiger partial charge in [0.25, 0.3) is 0 Å². The number of rotatable bonds is 5. The highest BCUT2D eigenvalue weighted by atomic mass is 19.4. The molecular formula is C13H14F3NO3. The molecule has 110 valence electrons. The van der Waals surface area contributed by atoms with E-state index >= 15 is 0 Å². The standard InChI is InChI=1S/C13H14F3NO3/c1-8(7-12(19)20)6-11(18)17-10-5-3-2-4-9(10)13(14,15)16/h2-5,8H,6-7H2,1H3,(H,17,18)(H,19,20). The Morgan fingerprint density at radius 1 is 1.25 bits per heavy atom. The van der Waals surface area contributed by atoms with Crippen molar-refractivity contribution in [3.05, 3.63) is 29.8 Å². The predicted octanol–water partition coefficient (Wildman–Crippen LogP) is 3.14. The summed E-state index contributed by atoms with van der Waals surface area (Å²) in [5.41, 5.74) is -1.26. The van der Waals surface area contributed by atoms with Crippen molar-refractivity contribution in [1.82, 2.24) is 0 Å². The molecule has 0 spiro atoms. The summed E-state index contributed by atoms with van der Waals surface area (Å²) in [4.78, 5) is 22.1. The van der Waals surface area contributed by atoms with Gasteiger partial charge >= 0.3 is 12.1 Å². The molecular weight excluding hydrogens is 275 g/mol. The summed E-state index contributed by atoms with van der Waals surface area (Å²) in [5, 5.41) is 10.7. The number of nitrogens with one attached hydrogen (secondary N) is 1. The third kappa shape index (κ3) is 4.91. The van der Waals surface area contributed by atoms with Gasteiger partial charge in [0.05, 0.1) is 11.3 Å². The smallest absolute Gasteiger partial charge is 0.418 e. The molecule has 0 aromatic heterocycles. The number of carbonyl (C=O) groups excluding carboxylic acids is 1. The van der Waals surface area contributed by atoms with Crippen LogP contribution in [-0.4, -0.2) is 17.0 Å². The summed E-state index contributed by atoms with van der Waals surface area (Å²) < 4.78 is 38.1. The monoisotopic (exact) mass is 289 g/mol. The van der Waals surface area contributed by atoms with E-state index in [0.29, 0.717) is 0 Å². The Morgan fingerprint density at radius 2 is 1.85 bits per heavy atom. The van der Waals surface area contributed by atoms with Crippen LogP contribution in [0.1, 0.15) is 25.3 Å². The van der Waals surface area contributed by atoms with Crippen LogP contribution >= 0.6 is 0 Å². The lowest BCUT2D eigenvalue weighted by atomic mass is 10.0. The molecule has 0 bridgehead atoms. The summed E-state index contributed by atoms with van der Waals surface area (Å²) >= 11 is 0. The Bertz CT molecular complexity index is 500. The van der Waals surface area contributed by atoms with Crippen molar-refractivity contribution < 1.29 is 27.9 Å². The summed E-state index contributed by atoms with van der Waals surface area (Å²) in [5.74, 6) is -2.15. The van der Waals surface area contributed by atoms with E-state index in [0.717, 1.165) is 12.1 Å². The van der Waals surface area contributed by atoms with Crippen LogP contribution in [0.5, 0.6) is 0 Å². The fourth-order valence-electron chi connectivity index (χ4n) is 1.73. The van der Waals surface area contributed by atoms with Crippen LogP contribution in [0.2, 0.25) is 0 Å². The molecule has 0 saturated carbocycles. The Kier molecular flexibility index (Phi) is 5.12. The first-order valence-electron chi connectivity index (χ1n) is 5.88. The lowest BCUT2D eigenvalue weighted by molar-refractivity contribution is -0.138. The molecule has 1 aromatic carbocycles. The van der Waals surface area contributed by atoms with Gasteiger partial charge in [-0.25, -0.2) is 0 Å². The fourth-order valence-corrected chi connectivity index (χ4v) is 1.73. The van der Waals surface area contributed by atoms with Crippen molar-refractivity contribution in [3.63, 3.8) is 0 Å². The van der Waals surface area contributed by atoms with Gasteiger partial charge in [-0.2, -0.15) is 13.2 Å². The number of halogens is 3. The second-order valence-electron chi connectivity index (χ2n) is 4.50. The zero-order valence-electron chi connectivity index (χ0n) is 10.7. The normalized spacial score (nSPS) is 12.8. The molecule has 1 atom stereocenters. The van der Waals surface area contributed by atoms with E-state index in [1.54, 1.807) is 6.92 Å². The minimum absolute atomic E-state index is 0.154. The Balaban J connectivity index is 2.74. The predicted molar refractivity (Wildman–Crippen MR) is 66.1 cm³/mol. The molecule has 1 unspecified atom stereocenters. The van der Waals surface area contributed by atoms with E-state index in [4.69, 9.17) is 5.11 Å². The first-order chi connectivity index (χ1) is 9.20. The van der Waals surface area contributed by atoms with Gasteiger partial charge < -0.3 is 10.4 Å². The number of carboxylic acids is 1. The maximum Gasteiger partial charge on any atom is 0.418 e. The average molecular weight is 289 g/mol. The van der Waals surface area contributed by atoms with Crippen LogP contribution < -0.4 is 5.32 Å². The van der Waals surface area contributed by atoms with Crippen LogP contribution in [-0.2, 0) is 15.8 Å². The van der Waals surface area contributed by atoms with E-state index in [1.165, 1.54) is 12.1 Å². The van der Waals surface area contributed by atoms with Crippen LogP contribution in [0.3, 0.4) is 0 Å². The maximum absolute atomic E-state index is 12.7. The Labute approximate surface area is 113 Å². The SMILES string of the molecule is CC(CC(=O)O)CC(=O)Nc1ccccc1C(F)(F)F. The largest absolute Gasteiger partial charge is 0.481 e. The lowest BCUT2D eigenvalue weighted by Gasteiger charge is -2.14. The molecule has 2 N–H and O–H groups in total. The minimum Gasteiger partial charge on any atom is -0.481 e. The van der Waals surface area contributed by atoms with Crippen molar-refractivity contribution in [2.45, 2.75) is 25.9 Å². The summed E-state index contributed by atoms with van der Waals surface area (Å²) in [7, 11) is 0. The van der Waals surface area contributed by atoms with E-state index in [1.807, 2.05) is 0 Å². The van der Waals surface area contributed by atoms with Gasteiger partial charge in [-0.15, -0.1) is 0 Å². The topological polar surface area (TPSA) is 66.4 Å². The highest BCUT2D eigenvalue weighted by molar-refractivity contribution is 5.92. The van der Waals surface area contributed by atoms with Crippen molar-refractivity contribution >= 4 is 17.6 Å². The van der Waals surface area contributed by atoms with Gasteiger partial charge in [-0.3, -0.25) is 9.59 Å². The number of alkyl halides is 3. The van der Waals surface area contributed by atoms with Crippen molar-refractivity contribution in [1.29, 1.82) is 0 Å². The quantitative estimate of drug-likeness (QED) is 0.875. The Hall–Kier alpha value is -2.05. The molecule has 0 fully saturated rings. The molecule has 0 heterocycles. The molecule has 1 rings (SSSR count). The van der Waals surface area contributed by atoms with Crippen molar-refractivity contribution in [2.24, 2.45) is 5.92 Å². The molecule has 4 nitrogen and oxygen atoms in total. The number of hydrogen-bond donors (Lipinski definition) is 2. The average Bonchev–Trinajstić information content (AvgIpc) is 2.26. The zero-order chi connectivity index (χ0) is 15.3.